The molecule has 2 aromatic rings. The van der Waals surface area contributed by atoms with E-state index in [0.717, 1.165) is 4.47 Å². The predicted molar refractivity (Wildman–Crippen MR) is 90.9 cm³/mol. The van der Waals surface area contributed by atoms with Crippen LogP contribution in [0.15, 0.2) is 46.2 Å². The first-order valence-electron chi connectivity index (χ1n) is 6.43. The maximum atomic E-state index is 12.8. The third-order valence-electron chi connectivity index (χ3n) is 3.20. The van der Waals surface area contributed by atoms with Crippen molar-refractivity contribution in [3.8, 4) is 0 Å². The van der Waals surface area contributed by atoms with E-state index in [4.69, 9.17) is 11.6 Å². The molecule has 1 heterocycles. The molecule has 0 saturated carbocycles. The summed E-state index contributed by atoms with van der Waals surface area (Å²) >= 11 is 9.26. The lowest BCUT2D eigenvalue weighted by molar-refractivity contribution is 0.553. The summed E-state index contributed by atoms with van der Waals surface area (Å²) in [4.78, 5) is 8.06. The molecule has 0 aliphatic rings. The van der Waals surface area contributed by atoms with Crippen LogP contribution in [0.3, 0.4) is 0 Å². The van der Waals surface area contributed by atoms with Crippen molar-refractivity contribution >= 4 is 43.2 Å². The molecule has 5 nitrogen and oxygen atoms in total. The molecule has 0 saturated heterocycles. The minimum absolute atomic E-state index is 0.169. The molecule has 0 amide bonds. The van der Waals surface area contributed by atoms with Crippen LogP contribution in [0.5, 0.6) is 0 Å². The van der Waals surface area contributed by atoms with Crippen molar-refractivity contribution in [1.82, 2.24) is 9.97 Å². The SMILES string of the molecule is CC(C)(CNc1ncncc1Cl)S(=O)(=O)c1ccc(Br)cc1. The normalized spacial score (nSPS) is 12.2. The molecule has 0 unspecified atom stereocenters. The standard InChI is InChI=1S/C14H15BrClN3O2S/c1-14(2,8-18-13-12(16)7-17-9-19-13)22(20,21)11-5-3-10(15)4-6-11/h3-7,9H,8H2,1-2H3,(H,17,18,19). The summed E-state index contributed by atoms with van der Waals surface area (Å²) in [5, 5.41) is 3.32. The lowest BCUT2D eigenvalue weighted by atomic mass is 10.2. The highest BCUT2D eigenvalue weighted by Gasteiger charge is 2.35. The van der Waals surface area contributed by atoms with Gasteiger partial charge in [-0.1, -0.05) is 27.5 Å². The van der Waals surface area contributed by atoms with Gasteiger partial charge in [-0.05, 0) is 38.1 Å². The first kappa shape index (κ1) is 17.2. The quantitative estimate of drug-likeness (QED) is 0.825. The average Bonchev–Trinajstić information content (AvgIpc) is 2.47. The number of nitrogens with one attached hydrogen (secondary N) is 1. The average molecular weight is 405 g/mol. The van der Waals surface area contributed by atoms with Gasteiger partial charge in [-0.15, -0.1) is 0 Å². The van der Waals surface area contributed by atoms with E-state index in [-0.39, 0.29) is 11.4 Å². The predicted octanol–water partition coefficient (Wildman–Crippen LogP) is 3.56. The zero-order valence-corrected chi connectivity index (χ0v) is 15.2. The maximum Gasteiger partial charge on any atom is 0.185 e. The molecule has 0 fully saturated rings. The van der Waals surface area contributed by atoms with Crippen LogP contribution in [0, 0.1) is 0 Å². The van der Waals surface area contributed by atoms with Gasteiger partial charge in [0.2, 0.25) is 0 Å². The van der Waals surface area contributed by atoms with Gasteiger partial charge in [0.15, 0.2) is 9.84 Å². The van der Waals surface area contributed by atoms with Crippen LogP contribution in [0.2, 0.25) is 5.02 Å². The van der Waals surface area contributed by atoms with Gasteiger partial charge < -0.3 is 5.32 Å². The van der Waals surface area contributed by atoms with E-state index in [0.29, 0.717) is 10.8 Å². The van der Waals surface area contributed by atoms with Crippen LogP contribution in [0.4, 0.5) is 5.82 Å². The second kappa shape index (κ2) is 6.52. The second-order valence-corrected chi connectivity index (χ2v) is 9.20. The van der Waals surface area contributed by atoms with Crippen LogP contribution in [-0.4, -0.2) is 29.7 Å². The highest BCUT2D eigenvalue weighted by atomic mass is 79.9. The summed E-state index contributed by atoms with van der Waals surface area (Å²) in [5.74, 6) is 0.413. The van der Waals surface area contributed by atoms with Crippen molar-refractivity contribution in [2.45, 2.75) is 23.5 Å². The molecule has 1 N–H and O–H groups in total. The number of benzene rings is 1. The Morgan fingerprint density at radius 3 is 2.50 bits per heavy atom. The van der Waals surface area contributed by atoms with Gasteiger partial charge in [-0.25, -0.2) is 18.4 Å². The van der Waals surface area contributed by atoms with Crippen LogP contribution in [0.25, 0.3) is 0 Å². The Morgan fingerprint density at radius 1 is 1.27 bits per heavy atom. The van der Waals surface area contributed by atoms with Gasteiger partial charge in [0.1, 0.15) is 17.2 Å². The maximum absolute atomic E-state index is 12.8. The summed E-state index contributed by atoms with van der Waals surface area (Å²) in [6.45, 7) is 3.49. The topological polar surface area (TPSA) is 72.0 Å². The highest BCUT2D eigenvalue weighted by molar-refractivity contribution is 9.10. The Morgan fingerprint density at radius 2 is 1.91 bits per heavy atom. The van der Waals surface area contributed by atoms with Gasteiger partial charge in [0, 0.05) is 11.0 Å². The smallest absolute Gasteiger partial charge is 0.185 e. The molecule has 118 valence electrons. The molecule has 1 aromatic carbocycles. The molecule has 2 rings (SSSR count). The molecule has 1 aromatic heterocycles. The van der Waals surface area contributed by atoms with Crippen molar-refractivity contribution in [2.75, 3.05) is 11.9 Å². The lowest BCUT2D eigenvalue weighted by Crippen LogP contribution is -2.39. The Labute approximate surface area is 143 Å². The first-order chi connectivity index (χ1) is 10.2. The second-order valence-electron chi connectivity index (χ2n) is 5.29. The molecule has 0 atom stereocenters. The third-order valence-corrected chi connectivity index (χ3v) is 6.50. The first-order valence-corrected chi connectivity index (χ1v) is 9.09. The number of sulfone groups is 1. The van der Waals surface area contributed by atoms with Crippen molar-refractivity contribution in [3.05, 3.63) is 46.3 Å². The lowest BCUT2D eigenvalue weighted by Gasteiger charge is -2.25. The van der Waals surface area contributed by atoms with Crippen molar-refractivity contribution in [1.29, 1.82) is 0 Å². The summed E-state index contributed by atoms with van der Waals surface area (Å²) in [6, 6.07) is 6.58. The van der Waals surface area contributed by atoms with Gasteiger partial charge in [0.25, 0.3) is 0 Å². The van der Waals surface area contributed by atoms with Crippen LogP contribution < -0.4 is 5.32 Å². The van der Waals surface area contributed by atoms with E-state index in [1.807, 2.05) is 0 Å². The largest absolute Gasteiger partial charge is 0.367 e. The van der Waals surface area contributed by atoms with E-state index in [1.165, 1.54) is 12.5 Å². The molecular weight excluding hydrogens is 390 g/mol. The Hall–Kier alpha value is -1.18. The van der Waals surface area contributed by atoms with Crippen molar-refractivity contribution in [3.63, 3.8) is 0 Å². The van der Waals surface area contributed by atoms with E-state index in [1.54, 1.807) is 38.1 Å². The van der Waals surface area contributed by atoms with E-state index in [9.17, 15) is 8.42 Å². The number of rotatable bonds is 5. The van der Waals surface area contributed by atoms with Gasteiger partial charge in [-0.2, -0.15) is 0 Å². The van der Waals surface area contributed by atoms with Crippen molar-refractivity contribution in [2.24, 2.45) is 0 Å². The molecule has 0 aliphatic carbocycles. The number of halogens is 2. The fourth-order valence-corrected chi connectivity index (χ4v) is 3.60. The van der Waals surface area contributed by atoms with Crippen LogP contribution >= 0.6 is 27.5 Å². The molecule has 22 heavy (non-hydrogen) atoms. The van der Waals surface area contributed by atoms with Crippen LogP contribution in [0.1, 0.15) is 13.8 Å². The Balaban J connectivity index is 2.22. The summed E-state index contributed by atoms with van der Waals surface area (Å²) in [7, 11) is -3.51. The van der Waals surface area contributed by atoms with Gasteiger partial charge >= 0.3 is 0 Å². The fourth-order valence-electron chi connectivity index (χ4n) is 1.77. The minimum atomic E-state index is -3.51. The molecule has 0 spiro atoms. The Bertz CT molecular complexity index is 764. The summed E-state index contributed by atoms with van der Waals surface area (Å²) in [5.41, 5.74) is 0. The fraction of sp³-hybridized carbons (Fsp3) is 0.286. The molecule has 0 bridgehead atoms. The zero-order valence-electron chi connectivity index (χ0n) is 12.0. The monoisotopic (exact) mass is 403 g/mol. The van der Waals surface area contributed by atoms with Gasteiger partial charge in [-0.3, -0.25) is 0 Å². The Kier molecular flexibility index (Phi) is 5.09. The van der Waals surface area contributed by atoms with E-state index in [2.05, 4.69) is 31.2 Å². The van der Waals surface area contributed by atoms with E-state index < -0.39 is 14.6 Å². The molecule has 0 aliphatic heterocycles. The number of hydrogen-bond acceptors (Lipinski definition) is 5. The van der Waals surface area contributed by atoms with Crippen molar-refractivity contribution < 1.29 is 8.42 Å². The number of aromatic nitrogens is 2. The van der Waals surface area contributed by atoms with Crippen LogP contribution in [-0.2, 0) is 9.84 Å². The summed E-state index contributed by atoms with van der Waals surface area (Å²) in [6.07, 6.45) is 2.80. The van der Waals surface area contributed by atoms with Gasteiger partial charge in [0.05, 0.1) is 15.8 Å². The minimum Gasteiger partial charge on any atom is -0.367 e. The van der Waals surface area contributed by atoms with E-state index >= 15 is 0 Å². The molecular formula is C14H15BrClN3O2S. The number of nitrogens with zero attached hydrogens (tertiary/aromatic N) is 2. The highest BCUT2D eigenvalue weighted by Crippen LogP contribution is 2.27. The zero-order chi connectivity index (χ0) is 16.4. The molecule has 0 radical (unpaired) electrons. The summed E-state index contributed by atoms with van der Waals surface area (Å²) < 4.78 is 25.3. The third kappa shape index (κ3) is 3.59. The number of anilines is 1. The molecule has 8 heteroatoms. The number of hydrogen-bond donors (Lipinski definition) is 1.